The van der Waals surface area contributed by atoms with Gasteiger partial charge >= 0.3 is 5.97 Å². The van der Waals surface area contributed by atoms with E-state index in [-0.39, 0.29) is 12.5 Å². The van der Waals surface area contributed by atoms with Crippen LogP contribution in [0.3, 0.4) is 0 Å². The van der Waals surface area contributed by atoms with Gasteiger partial charge in [-0.3, -0.25) is 4.79 Å². The minimum absolute atomic E-state index is 0.222. The van der Waals surface area contributed by atoms with E-state index in [2.05, 4.69) is 12.2 Å². The summed E-state index contributed by atoms with van der Waals surface area (Å²) in [5.41, 5.74) is 0. The molecular weight excluding hydrogens is 194 g/mol. The predicted molar refractivity (Wildman–Crippen MR) is 60.0 cm³/mol. The lowest BCUT2D eigenvalue weighted by atomic mass is 10.1. The van der Waals surface area contributed by atoms with Gasteiger partial charge in [0.15, 0.2) is 0 Å². The third-order valence-corrected chi connectivity index (χ3v) is 2.32. The fourth-order valence-electron chi connectivity index (χ4n) is 1.59. The van der Waals surface area contributed by atoms with Gasteiger partial charge < -0.3 is 15.2 Å². The van der Waals surface area contributed by atoms with Gasteiger partial charge in [0, 0.05) is 25.6 Å². The van der Waals surface area contributed by atoms with Crippen molar-refractivity contribution in [3.8, 4) is 0 Å². The molecule has 0 aromatic rings. The van der Waals surface area contributed by atoms with Crippen LogP contribution >= 0.6 is 0 Å². The zero-order valence-electron chi connectivity index (χ0n) is 9.95. The van der Waals surface area contributed by atoms with Gasteiger partial charge in [-0.25, -0.2) is 0 Å². The Hall–Kier alpha value is -0.610. The Labute approximate surface area is 92.0 Å². The number of carboxylic acid groups (broad SMARTS) is 1. The zero-order chi connectivity index (χ0) is 11.7. The minimum atomic E-state index is -0.734. The lowest BCUT2D eigenvalue weighted by molar-refractivity contribution is -0.137. The van der Waals surface area contributed by atoms with E-state index in [0.29, 0.717) is 19.1 Å². The molecule has 2 atom stereocenters. The molecule has 0 bridgehead atoms. The summed E-state index contributed by atoms with van der Waals surface area (Å²) in [7, 11) is 1.69. The van der Waals surface area contributed by atoms with E-state index in [1.807, 2.05) is 6.92 Å². The average molecular weight is 217 g/mol. The van der Waals surface area contributed by atoms with Crippen LogP contribution in [0.2, 0.25) is 0 Å². The van der Waals surface area contributed by atoms with E-state index in [9.17, 15) is 4.79 Å². The minimum Gasteiger partial charge on any atom is -0.481 e. The first-order valence-electron chi connectivity index (χ1n) is 5.56. The summed E-state index contributed by atoms with van der Waals surface area (Å²) in [5.74, 6) is -0.734. The molecule has 2 unspecified atom stereocenters. The maximum atomic E-state index is 10.4. The van der Waals surface area contributed by atoms with Crippen LogP contribution in [0.1, 0.15) is 39.5 Å². The van der Waals surface area contributed by atoms with E-state index in [0.717, 1.165) is 12.8 Å². The average Bonchev–Trinajstić information content (AvgIpc) is 2.15. The highest BCUT2D eigenvalue weighted by Crippen LogP contribution is 2.03. The molecule has 4 nitrogen and oxygen atoms in total. The van der Waals surface area contributed by atoms with Crippen molar-refractivity contribution >= 4 is 5.97 Å². The number of hydrogen-bond donors (Lipinski definition) is 2. The Morgan fingerprint density at radius 3 is 2.60 bits per heavy atom. The Morgan fingerprint density at radius 1 is 1.47 bits per heavy atom. The first-order chi connectivity index (χ1) is 7.10. The van der Waals surface area contributed by atoms with Gasteiger partial charge in [0.1, 0.15) is 0 Å². The highest BCUT2D eigenvalue weighted by atomic mass is 16.5. The van der Waals surface area contributed by atoms with Gasteiger partial charge in [-0.2, -0.15) is 0 Å². The lowest BCUT2D eigenvalue weighted by Gasteiger charge is -2.22. The molecule has 0 aromatic carbocycles. The van der Waals surface area contributed by atoms with Gasteiger partial charge in [0.05, 0.1) is 6.61 Å². The maximum absolute atomic E-state index is 10.4. The van der Waals surface area contributed by atoms with Crippen molar-refractivity contribution in [2.75, 3.05) is 13.7 Å². The predicted octanol–water partition coefficient (Wildman–Crippen LogP) is 1.64. The second-order valence-electron chi connectivity index (χ2n) is 3.94. The summed E-state index contributed by atoms with van der Waals surface area (Å²) in [6.07, 6.45) is 3.05. The number of nitrogens with one attached hydrogen (secondary N) is 1. The van der Waals surface area contributed by atoms with Crippen LogP contribution in [-0.2, 0) is 9.53 Å². The van der Waals surface area contributed by atoms with Gasteiger partial charge in [-0.1, -0.05) is 13.3 Å². The van der Waals surface area contributed by atoms with Crippen molar-refractivity contribution in [2.24, 2.45) is 0 Å². The summed E-state index contributed by atoms with van der Waals surface area (Å²) >= 11 is 0. The number of ether oxygens (including phenoxy) is 1. The Balaban J connectivity index is 3.76. The van der Waals surface area contributed by atoms with Gasteiger partial charge in [-0.15, -0.1) is 0 Å². The second-order valence-corrected chi connectivity index (χ2v) is 3.94. The fourth-order valence-corrected chi connectivity index (χ4v) is 1.59. The van der Waals surface area contributed by atoms with Crippen molar-refractivity contribution in [1.82, 2.24) is 5.32 Å². The monoisotopic (exact) mass is 217 g/mol. The molecule has 15 heavy (non-hydrogen) atoms. The second kappa shape index (κ2) is 8.68. The van der Waals surface area contributed by atoms with E-state index >= 15 is 0 Å². The Morgan fingerprint density at radius 2 is 2.13 bits per heavy atom. The SMILES string of the molecule is CCCC(COC)NC(C)CCC(=O)O. The quantitative estimate of drug-likeness (QED) is 0.616. The van der Waals surface area contributed by atoms with Crippen LogP contribution in [0, 0.1) is 0 Å². The smallest absolute Gasteiger partial charge is 0.303 e. The van der Waals surface area contributed by atoms with Gasteiger partial charge in [0.2, 0.25) is 0 Å². The third-order valence-electron chi connectivity index (χ3n) is 2.32. The molecule has 0 spiro atoms. The molecule has 0 saturated heterocycles. The molecule has 0 saturated carbocycles. The number of rotatable bonds is 9. The maximum Gasteiger partial charge on any atom is 0.303 e. The summed E-state index contributed by atoms with van der Waals surface area (Å²) in [5, 5.41) is 11.9. The molecule has 4 heteroatoms. The summed E-state index contributed by atoms with van der Waals surface area (Å²) in [6, 6.07) is 0.566. The number of carboxylic acids is 1. The van der Waals surface area contributed by atoms with Crippen LogP contribution < -0.4 is 5.32 Å². The first-order valence-corrected chi connectivity index (χ1v) is 5.56. The summed E-state index contributed by atoms with van der Waals surface area (Å²) in [4.78, 5) is 10.4. The lowest BCUT2D eigenvalue weighted by Crippen LogP contribution is -2.39. The van der Waals surface area contributed by atoms with Crippen LogP contribution in [0.4, 0.5) is 0 Å². The van der Waals surface area contributed by atoms with Crippen LogP contribution in [-0.4, -0.2) is 36.9 Å². The van der Waals surface area contributed by atoms with Crippen molar-refractivity contribution in [2.45, 2.75) is 51.6 Å². The van der Waals surface area contributed by atoms with Crippen LogP contribution in [0.15, 0.2) is 0 Å². The van der Waals surface area contributed by atoms with Crippen molar-refractivity contribution in [1.29, 1.82) is 0 Å². The number of methoxy groups -OCH3 is 1. The number of carbonyl (C=O) groups is 1. The van der Waals surface area contributed by atoms with Crippen molar-refractivity contribution in [3.63, 3.8) is 0 Å². The molecule has 0 rings (SSSR count). The Bertz CT molecular complexity index is 167. The summed E-state index contributed by atoms with van der Waals surface area (Å²) < 4.78 is 5.10. The normalized spacial score (nSPS) is 14.9. The molecule has 2 N–H and O–H groups in total. The summed E-state index contributed by atoms with van der Waals surface area (Å²) in [6.45, 7) is 4.83. The van der Waals surface area contributed by atoms with Crippen molar-refractivity contribution < 1.29 is 14.6 Å². The van der Waals surface area contributed by atoms with Gasteiger partial charge in [-0.05, 0) is 19.8 Å². The Kier molecular flexibility index (Phi) is 8.33. The topological polar surface area (TPSA) is 58.6 Å². The fraction of sp³-hybridized carbons (Fsp3) is 0.909. The van der Waals surface area contributed by atoms with Crippen LogP contribution in [0.25, 0.3) is 0 Å². The third kappa shape index (κ3) is 8.39. The molecule has 0 fully saturated rings. The van der Waals surface area contributed by atoms with Crippen molar-refractivity contribution in [3.05, 3.63) is 0 Å². The van der Waals surface area contributed by atoms with E-state index in [1.165, 1.54) is 0 Å². The zero-order valence-corrected chi connectivity index (χ0v) is 9.95. The molecular formula is C11H23NO3. The molecule has 0 aromatic heterocycles. The molecule has 0 aliphatic heterocycles. The highest BCUT2D eigenvalue weighted by Gasteiger charge is 2.11. The molecule has 0 radical (unpaired) electrons. The van der Waals surface area contributed by atoms with E-state index in [4.69, 9.17) is 9.84 Å². The first kappa shape index (κ1) is 14.4. The van der Waals surface area contributed by atoms with Gasteiger partial charge in [0.25, 0.3) is 0 Å². The molecule has 0 heterocycles. The van der Waals surface area contributed by atoms with E-state index < -0.39 is 5.97 Å². The van der Waals surface area contributed by atoms with E-state index in [1.54, 1.807) is 7.11 Å². The van der Waals surface area contributed by atoms with Crippen LogP contribution in [0.5, 0.6) is 0 Å². The standard InChI is InChI=1S/C11H23NO3/c1-4-5-10(8-15-3)12-9(2)6-7-11(13)14/h9-10,12H,4-8H2,1-3H3,(H,13,14). The number of aliphatic carboxylic acids is 1. The molecule has 0 amide bonds. The largest absolute Gasteiger partial charge is 0.481 e. The highest BCUT2D eigenvalue weighted by molar-refractivity contribution is 5.66. The molecule has 0 aliphatic rings. The molecule has 90 valence electrons. The molecule has 0 aliphatic carbocycles. The number of hydrogen-bond acceptors (Lipinski definition) is 3.